The van der Waals surface area contributed by atoms with E-state index in [0.29, 0.717) is 36.9 Å². The van der Waals surface area contributed by atoms with Gasteiger partial charge in [-0.1, -0.05) is 29.8 Å². The molecule has 0 unspecified atom stereocenters. The van der Waals surface area contributed by atoms with Crippen LogP contribution in [0.25, 0.3) is 0 Å². The minimum atomic E-state index is -0.228. The first-order valence-electron chi connectivity index (χ1n) is 8.04. The van der Waals surface area contributed by atoms with Crippen molar-refractivity contribution in [3.8, 4) is 17.2 Å². The number of amides is 2. The van der Waals surface area contributed by atoms with Gasteiger partial charge in [0, 0.05) is 24.7 Å². The summed E-state index contributed by atoms with van der Waals surface area (Å²) in [5.74, 6) is 1.93. The number of hydrogen-bond donors (Lipinski definition) is 2. The van der Waals surface area contributed by atoms with Gasteiger partial charge in [0.05, 0.1) is 20.8 Å². The molecule has 0 bridgehead atoms. The zero-order valence-corrected chi connectivity index (χ0v) is 14.8. The van der Waals surface area contributed by atoms with E-state index in [1.54, 1.807) is 32.4 Å². The van der Waals surface area contributed by atoms with Gasteiger partial charge in [0.1, 0.15) is 23.9 Å². The second kappa shape index (κ2) is 9.42. The first-order valence-corrected chi connectivity index (χ1v) is 8.04. The van der Waals surface area contributed by atoms with Crippen LogP contribution in [0.3, 0.4) is 0 Å². The average molecular weight is 344 g/mol. The fourth-order valence-electron chi connectivity index (χ4n) is 2.27. The quantitative estimate of drug-likeness (QED) is 0.723. The van der Waals surface area contributed by atoms with Crippen LogP contribution in [0.2, 0.25) is 0 Å². The topological polar surface area (TPSA) is 68.8 Å². The molecule has 134 valence electrons. The molecule has 0 aliphatic rings. The lowest BCUT2D eigenvalue weighted by atomic mass is 10.1. The van der Waals surface area contributed by atoms with Crippen molar-refractivity contribution < 1.29 is 19.0 Å². The molecule has 2 aromatic carbocycles. The molecule has 0 saturated heterocycles. The molecule has 0 spiro atoms. The summed E-state index contributed by atoms with van der Waals surface area (Å²) in [5, 5.41) is 5.57. The van der Waals surface area contributed by atoms with E-state index < -0.39 is 0 Å². The Labute approximate surface area is 148 Å². The van der Waals surface area contributed by atoms with Gasteiger partial charge in [0.15, 0.2) is 0 Å². The Morgan fingerprint density at radius 2 is 1.64 bits per heavy atom. The SMILES string of the molecule is COc1cc(OC)cc(OCCNC(=O)NCc2cccc(C)c2)c1. The van der Waals surface area contributed by atoms with Gasteiger partial charge in [0.25, 0.3) is 0 Å². The molecule has 0 aromatic heterocycles. The molecule has 0 fully saturated rings. The molecule has 2 aromatic rings. The second-order valence-electron chi connectivity index (χ2n) is 5.50. The number of nitrogens with one attached hydrogen (secondary N) is 2. The van der Waals surface area contributed by atoms with E-state index in [0.717, 1.165) is 5.56 Å². The maximum Gasteiger partial charge on any atom is 0.315 e. The van der Waals surface area contributed by atoms with Crippen molar-refractivity contribution in [2.24, 2.45) is 0 Å². The Bertz CT molecular complexity index is 681. The van der Waals surface area contributed by atoms with E-state index in [4.69, 9.17) is 14.2 Å². The summed E-state index contributed by atoms with van der Waals surface area (Å²) < 4.78 is 16.0. The first-order chi connectivity index (χ1) is 12.1. The lowest BCUT2D eigenvalue weighted by molar-refractivity contribution is 0.236. The van der Waals surface area contributed by atoms with Crippen LogP contribution in [-0.4, -0.2) is 33.4 Å². The summed E-state index contributed by atoms with van der Waals surface area (Å²) in [5.41, 5.74) is 2.23. The van der Waals surface area contributed by atoms with Crippen molar-refractivity contribution >= 4 is 6.03 Å². The average Bonchev–Trinajstić information content (AvgIpc) is 2.63. The van der Waals surface area contributed by atoms with Gasteiger partial charge in [-0.15, -0.1) is 0 Å². The third-order valence-corrected chi connectivity index (χ3v) is 3.52. The van der Waals surface area contributed by atoms with Gasteiger partial charge >= 0.3 is 6.03 Å². The van der Waals surface area contributed by atoms with Crippen LogP contribution < -0.4 is 24.8 Å². The lowest BCUT2D eigenvalue weighted by Gasteiger charge is -2.11. The summed E-state index contributed by atoms with van der Waals surface area (Å²) in [4.78, 5) is 11.8. The van der Waals surface area contributed by atoms with E-state index in [-0.39, 0.29) is 6.03 Å². The number of carbonyl (C=O) groups is 1. The van der Waals surface area contributed by atoms with Crippen molar-refractivity contribution in [1.82, 2.24) is 10.6 Å². The number of aryl methyl sites for hydroxylation is 1. The Kier molecular flexibility index (Phi) is 6.95. The molecule has 0 aliphatic carbocycles. The van der Waals surface area contributed by atoms with Crippen LogP contribution in [0.15, 0.2) is 42.5 Å². The molecule has 0 heterocycles. The molecule has 2 rings (SSSR count). The number of rotatable bonds is 8. The molecule has 0 saturated carbocycles. The summed E-state index contributed by atoms with van der Waals surface area (Å²) in [6, 6.07) is 13.1. The number of benzene rings is 2. The van der Waals surface area contributed by atoms with E-state index in [2.05, 4.69) is 10.6 Å². The smallest absolute Gasteiger partial charge is 0.315 e. The largest absolute Gasteiger partial charge is 0.496 e. The van der Waals surface area contributed by atoms with E-state index in [1.165, 1.54) is 5.56 Å². The van der Waals surface area contributed by atoms with Crippen molar-refractivity contribution in [3.05, 3.63) is 53.6 Å². The number of urea groups is 1. The fourth-order valence-corrected chi connectivity index (χ4v) is 2.27. The summed E-state index contributed by atoms with van der Waals surface area (Å²) in [7, 11) is 3.16. The molecule has 0 atom stereocenters. The van der Waals surface area contributed by atoms with Crippen LogP contribution in [0.5, 0.6) is 17.2 Å². The van der Waals surface area contributed by atoms with Crippen LogP contribution in [-0.2, 0) is 6.54 Å². The Balaban J connectivity index is 1.71. The highest BCUT2D eigenvalue weighted by molar-refractivity contribution is 5.73. The van der Waals surface area contributed by atoms with E-state index >= 15 is 0 Å². The van der Waals surface area contributed by atoms with Crippen molar-refractivity contribution in [3.63, 3.8) is 0 Å². The van der Waals surface area contributed by atoms with Crippen LogP contribution >= 0.6 is 0 Å². The highest BCUT2D eigenvalue weighted by Gasteiger charge is 2.04. The molecule has 2 N–H and O–H groups in total. The molecule has 6 nitrogen and oxygen atoms in total. The van der Waals surface area contributed by atoms with Crippen molar-refractivity contribution in [1.29, 1.82) is 0 Å². The Morgan fingerprint density at radius 1 is 0.960 bits per heavy atom. The Morgan fingerprint density at radius 3 is 2.28 bits per heavy atom. The molecule has 0 aliphatic heterocycles. The molecule has 6 heteroatoms. The van der Waals surface area contributed by atoms with E-state index in [1.807, 2.05) is 31.2 Å². The number of methoxy groups -OCH3 is 2. The van der Waals surface area contributed by atoms with Crippen LogP contribution in [0, 0.1) is 6.92 Å². The van der Waals surface area contributed by atoms with Crippen LogP contribution in [0.4, 0.5) is 4.79 Å². The number of carbonyl (C=O) groups excluding carboxylic acids is 1. The third-order valence-electron chi connectivity index (χ3n) is 3.52. The zero-order chi connectivity index (χ0) is 18.1. The van der Waals surface area contributed by atoms with Gasteiger partial charge in [-0.3, -0.25) is 0 Å². The van der Waals surface area contributed by atoms with Gasteiger partial charge in [0.2, 0.25) is 0 Å². The molecule has 2 amide bonds. The molecule has 0 radical (unpaired) electrons. The highest BCUT2D eigenvalue weighted by Crippen LogP contribution is 2.27. The number of hydrogen-bond acceptors (Lipinski definition) is 4. The number of ether oxygens (including phenoxy) is 3. The maximum atomic E-state index is 11.8. The fraction of sp³-hybridized carbons (Fsp3) is 0.316. The van der Waals surface area contributed by atoms with Gasteiger partial charge in [-0.05, 0) is 12.5 Å². The third kappa shape index (κ3) is 6.25. The standard InChI is InChI=1S/C19H24N2O4/c1-14-5-4-6-15(9-14)13-21-19(22)20-7-8-25-18-11-16(23-2)10-17(12-18)24-3/h4-6,9-12H,7-8,13H2,1-3H3,(H2,20,21,22). The second-order valence-corrected chi connectivity index (χ2v) is 5.50. The zero-order valence-electron chi connectivity index (χ0n) is 14.8. The molecular formula is C19H24N2O4. The Hall–Kier alpha value is -2.89. The molecule has 25 heavy (non-hydrogen) atoms. The predicted octanol–water partition coefficient (Wildman–Crippen LogP) is 2.89. The molecular weight excluding hydrogens is 320 g/mol. The van der Waals surface area contributed by atoms with Crippen LogP contribution in [0.1, 0.15) is 11.1 Å². The first kappa shape index (κ1) is 18.4. The van der Waals surface area contributed by atoms with Gasteiger partial charge in [-0.2, -0.15) is 0 Å². The normalized spacial score (nSPS) is 10.0. The van der Waals surface area contributed by atoms with Crippen molar-refractivity contribution in [2.75, 3.05) is 27.4 Å². The summed E-state index contributed by atoms with van der Waals surface area (Å²) in [6.07, 6.45) is 0. The van der Waals surface area contributed by atoms with E-state index in [9.17, 15) is 4.79 Å². The lowest BCUT2D eigenvalue weighted by Crippen LogP contribution is -2.37. The maximum absolute atomic E-state index is 11.8. The monoisotopic (exact) mass is 344 g/mol. The minimum Gasteiger partial charge on any atom is -0.496 e. The predicted molar refractivity (Wildman–Crippen MR) is 96.5 cm³/mol. The minimum absolute atomic E-state index is 0.228. The summed E-state index contributed by atoms with van der Waals surface area (Å²) >= 11 is 0. The van der Waals surface area contributed by atoms with Gasteiger partial charge < -0.3 is 24.8 Å². The highest BCUT2D eigenvalue weighted by atomic mass is 16.5. The summed E-state index contributed by atoms with van der Waals surface area (Å²) in [6.45, 7) is 3.24. The van der Waals surface area contributed by atoms with Crippen molar-refractivity contribution in [2.45, 2.75) is 13.5 Å². The van der Waals surface area contributed by atoms with Gasteiger partial charge in [-0.25, -0.2) is 4.79 Å².